The van der Waals surface area contributed by atoms with Gasteiger partial charge in [0.1, 0.15) is 11.6 Å². The van der Waals surface area contributed by atoms with Crippen LogP contribution in [0.2, 0.25) is 0 Å². The Labute approximate surface area is 233 Å². The number of hydrogen-bond acceptors (Lipinski definition) is 6. The molecule has 8 nitrogen and oxygen atoms in total. The Hall–Kier alpha value is -3.42. The predicted molar refractivity (Wildman–Crippen MR) is 140 cm³/mol. The molecule has 0 spiro atoms. The highest BCUT2D eigenvalue weighted by atomic mass is 19.4. The first-order valence-electron chi connectivity index (χ1n) is 12.7. The zero-order valence-electron chi connectivity index (χ0n) is 23.4. The molecule has 0 bridgehead atoms. The summed E-state index contributed by atoms with van der Waals surface area (Å²) in [5, 5.41) is 17.7. The first kappa shape index (κ1) is 33.8. The quantitative estimate of drug-likeness (QED) is 0.393. The molecule has 0 amide bonds. The van der Waals surface area contributed by atoms with Crippen LogP contribution >= 0.6 is 0 Å². The van der Waals surface area contributed by atoms with Crippen molar-refractivity contribution in [2.75, 3.05) is 31.1 Å². The van der Waals surface area contributed by atoms with Crippen LogP contribution in [0.15, 0.2) is 24.3 Å². The predicted octanol–water partition coefficient (Wildman–Crippen LogP) is 5.48. The number of carbonyl (C=O) groups is 2. The van der Waals surface area contributed by atoms with Gasteiger partial charge in [-0.15, -0.1) is 0 Å². The Kier molecular flexibility index (Phi) is 10.4. The monoisotopic (exact) mass is 592 g/mol. The number of hydrogen-bond donors (Lipinski definition) is 3. The van der Waals surface area contributed by atoms with Gasteiger partial charge in [-0.05, 0) is 47.8 Å². The van der Waals surface area contributed by atoms with E-state index in [0.29, 0.717) is 0 Å². The van der Waals surface area contributed by atoms with Crippen LogP contribution in [-0.4, -0.2) is 70.7 Å². The van der Waals surface area contributed by atoms with Gasteiger partial charge >= 0.3 is 24.3 Å². The lowest BCUT2D eigenvalue weighted by atomic mass is 9.63. The number of piperazine rings is 1. The Balaban J connectivity index is 0.000000349. The van der Waals surface area contributed by atoms with Gasteiger partial charge in [0, 0.05) is 37.8 Å². The lowest BCUT2D eigenvalue weighted by Crippen LogP contribution is -2.44. The molecule has 4 rings (SSSR count). The Morgan fingerprint density at radius 2 is 1.29 bits per heavy atom. The van der Waals surface area contributed by atoms with Gasteiger partial charge < -0.3 is 20.4 Å². The lowest BCUT2D eigenvalue weighted by molar-refractivity contribution is -0.193. The van der Waals surface area contributed by atoms with E-state index in [1.807, 2.05) is 6.92 Å². The number of nitrogens with zero attached hydrogens (tertiary/aromatic N) is 3. The SMILES string of the molecule is Cc1nc(-c2ccc3c(c2)C(C)(C)CCC3(C)C)cc(N2CCNCC2)n1.O=C(O)C(F)(F)F.O=C(O)C(F)(F)F. The molecule has 2 aromatic rings. The summed E-state index contributed by atoms with van der Waals surface area (Å²) in [6, 6.07) is 9.15. The highest BCUT2D eigenvalue weighted by Crippen LogP contribution is 2.46. The van der Waals surface area contributed by atoms with Crippen LogP contribution in [0.5, 0.6) is 0 Å². The van der Waals surface area contributed by atoms with Crippen molar-refractivity contribution in [3.05, 3.63) is 41.2 Å². The van der Waals surface area contributed by atoms with E-state index >= 15 is 0 Å². The van der Waals surface area contributed by atoms with Crippen molar-refractivity contribution < 1.29 is 46.1 Å². The van der Waals surface area contributed by atoms with Gasteiger partial charge in [0.15, 0.2) is 0 Å². The summed E-state index contributed by atoms with van der Waals surface area (Å²) < 4.78 is 63.5. The minimum absolute atomic E-state index is 0.213. The van der Waals surface area contributed by atoms with E-state index in [1.165, 1.54) is 29.5 Å². The van der Waals surface area contributed by atoms with Gasteiger partial charge in [0.2, 0.25) is 0 Å². The van der Waals surface area contributed by atoms with E-state index < -0.39 is 24.3 Å². The summed E-state index contributed by atoms with van der Waals surface area (Å²) in [4.78, 5) is 29.6. The van der Waals surface area contributed by atoms with Crippen LogP contribution in [0.3, 0.4) is 0 Å². The third-order valence-electron chi connectivity index (χ3n) is 6.90. The van der Waals surface area contributed by atoms with Gasteiger partial charge in [-0.2, -0.15) is 26.3 Å². The minimum atomic E-state index is -5.08. The molecule has 228 valence electrons. The molecule has 1 aromatic carbocycles. The molecule has 3 N–H and O–H groups in total. The maximum atomic E-state index is 10.6. The summed E-state index contributed by atoms with van der Waals surface area (Å²) in [5.74, 6) is -3.62. The van der Waals surface area contributed by atoms with Crippen LogP contribution in [0.25, 0.3) is 11.3 Å². The van der Waals surface area contributed by atoms with E-state index in [-0.39, 0.29) is 10.8 Å². The number of nitrogens with one attached hydrogen (secondary N) is 1. The number of rotatable bonds is 2. The summed E-state index contributed by atoms with van der Waals surface area (Å²) in [7, 11) is 0. The fraction of sp³-hybridized carbons (Fsp3) is 0.556. The minimum Gasteiger partial charge on any atom is -0.475 e. The van der Waals surface area contributed by atoms with Crippen molar-refractivity contribution >= 4 is 17.8 Å². The normalized spacial score (nSPS) is 17.7. The van der Waals surface area contributed by atoms with Crippen LogP contribution in [0.4, 0.5) is 32.2 Å². The molecule has 2 heterocycles. The van der Waals surface area contributed by atoms with Crippen molar-refractivity contribution in [3.8, 4) is 11.3 Å². The van der Waals surface area contributed by atoms with Crippen molar-refractivity contribution in [3.63, 3.8) is 0 Å². The van der Waals surface area contributed by atoms with Crippen LogP contribution in [0.1, 0.15) is 57.5 Å². The molecule has 0 atom stereocenters. The zero-order chi connectivity index (χ0) is 31.4. The standard InChI is InChI=1S/C23H32N4.2C2HF3O2/c1-16-25-20(15-21(26-16)27-12-10-24-11-13-27)17-6-7-18-19(14-17)23(4,5)9-8-22(18,2)3;2*3-2(4,5)1(6)7/h6-7,14-15,24H,8-13H2,1-5H3;2*(H,6,7). The number of halogens is 6. The van der Waals surface area contributed by atoms with Crippen molar-refractivity contribution in [1.29, 1.82) is 0 Å². The Morgan fingerprint density at radius 1 is 0.829 bits per heavy atom. The maximum Gasteiger partial charge on any atom is 0.490 e. The third kappa shape index (κ3) is 9.30. The average Bonchev–Trinajstić information content (AvgIpc) is 2.86. The van der Waals surface area contributed by atoms with Crippen LogP contribution in [-0.2, 0) is 20.4 Å². The summed E-state index contributed by atoms with van der Waals surface area (Å²) in [6.45, 7) is 15.5. The first-order chi connectivity index (χ1) is 18.6. The molecular weight excluding hydrogens is 558 g/mol. The number of benzene rings is 1. The molecule has 1 saturated heterocycles. The van der Waals surface area contributed by atoms with Crippen molar-refractivity contribution in [2.45, 2.75) is 70.6 Å². The average molecular weight is 593 g/mol. The van der Waals surface area contributed by atoms with E-state index in [0.717, 1.165) is 43.5 Å². The summed E-state index contributed by atoms with van der Waals surface area (Å²) in [5.41, 5.74) is 5.69. The first-order valence-corrected chi connectivity index (χ1v) is 12.7. The summed E-state index contributed by atoms with van der Waals surface area (Å²) in [6.07, 6.45) is -7.70. The fourth-order valence-corrected chi connectivity index (χ4v) is 4.50. The van der Waals surface area contributed by atoms with Crippen molar-refractivity contribution in [2.24, 2.45) is 0 Å². The number of fused-ring (bicyclic) bond motifs is 1. The third-order valence-corrected chi connectivity index (χ3v) is 6.90. The van der Waals surface area contributed by atoms with Gasteiger partial charge in [-0.25, -0.2) is 19.6 Å². The zero-order valence-corrected chi connectivity index (χ0v) is 23.4. The number of aryl methyl sites for hydroxylation is 1. The molecule has 0 unspecified atom stereocenters. The fourth-order valence-electron chi connectivity index (χ4n) is 4.50. The number of anilines is 1. The number of aliphatic carboxylic acids is 2. The molecule has 1 aliphatic carbocycles. The Bertz CT molecular complexity index is 1220. The number of aromatic nitrogens is 2. The summed E-state index contributed by atoms with van der Waals surface area (Å²) >= 11 is 0. The lowest BCUT2D eigenvalue weighted by Gasteiger charge is -2.42. The molecule has 41 heavy (non-hydrogen) atoms. The highest BCUT2D eigenvalue weighted by molar-refractivity contribution is 5.73. The molecule has 2 aliphatic rings. The number of alkyl halides is 6. The number of carboxylic acids is 2. The molecule has 0 saturated carbocycles. The molecule has 1 aromatic heterocycles. The molecule has 14 heteroatoms. The largest absolute Gasteiger partial charge is 0.490 e. The topological polar surface area (TPSA) is 116 Å². The molecular formula is C27H34F6N4O4. The van der Waals surface area contributed by atoms with Gasteiger partial charge in [-0.1, -0.05) is 39.8 Å². The second-order valence-corrected chi connectivity index (χ2v) is 11.0. The maximum absolute atomic E-state index is 10.6. The van der Waals surface area contributed by atoms with Crippen LogP contribution in [0, 0.1) is 6.92 Å². The second-order valence-electron chi connectivity index (χ2n) is 11.0. The number of carboxylic acid groups (broad SMARTS) is 2. The molecule has 1 fully saturated rings. The van der Waals surface area contributed by atoms with E-state index in [1.54, 1.807) is 0 Å². The highest BCUT2D eigenvalue weighted by Gasteiger charge is 2.39. The van der Waals surface area contributed by atoms with E-state index in [9.17, 15) is 26.3 Å². The van der Waals surface area contributed by atoms with Crippen molar-refractivity contribution in [1.82, 2.24) is 15.3 Å². The smallest absolute Gasteiger partial charge is 0.475 e. The van der Waals surface area contributed by atoms with E-state index in [2.05, 4.69) is 62.2 Å². The molecule has 0 radical (unpaired) electrons. The van der Waals surface area contributed by atoms with Gasteiger partial charge in [-0.3, -0.25) is 0 Å². The van der Waals surface area contributed by atoms with Gasteiger partial charge in [0.25, 0.3) is 0 Å². The second kappa shape index (κ2) is 12.6. The Morgan fingerprint density at radius 3 is 1.76 bits per heavy atom. The van der Waals surface area contributed by atoms with E-state index in [4.69, 9.17) is 29.8 Å². The van der Waals surface area contributed by atoms with Crippen LogP contribution < -0.4 is 10.2 Å². The molecule has 1 aliphatic heterocycles. The van der Waals surface area contributed by atoms with Gasteiger partial charge in [0.05, 0.1) is 5.69 Å².